The van der Waals surface area contributed by atoms with Crippen molar-refractivity contribution < 1.29 is 19.4 Å². The summed E-state index contributed by atoms with van der Waals surface area (Å²) in [6.45, 7) is 0. The normalized spacial score (nSPS) is 18.3. The van der Waals surface area contributed by atoms with Gasteiger partial charge in [0.2, 0.25) is 0 Å². The van der Waals surface area contributed by atoms with E-state index in [1.165, 1.54) is 16.2 Å². The highest BCUT2D eigenvalue weighted by Gasteiger charge is 2.47. The number of aliphatic hydroxyl groups excluding tert-OH is 1. The molecule has 1 amide bonds. The third-order valence-electron chi connectivity index (χ3n) is 4.71. The molecule has 146 valence electrons. The predicted molar refractivity (Wildman–Crippen MR) is 116 cm³/mol. The minimum Gasteiger partial charge on any atom is -0.507 e. The first kappa shape index (κ1) is 19.4. The zero-order valence-electron chi connectivity index (χ0n) is 15.3. The van der Waals surface area contributed by atoms with Crippen molar-refractivity contribution in [1.29, 1.82) is 0 Å². The molecule has 29 heavy (non-hydrogen) atoms. The maximum atomic E-state index is 13.0. The van der Waals surface area contributed by atoms with Gasteiger partial charge in [0.25, 0.3) is 11.7 Å². The maximum absolute atomic E-state index is 13.0. The SMILES string of the molecule is COc1ccc(/C(O)=C2/C(=O)C(=O)N(c3cccc(Br)c3)C2c2cccs2)cc1. The maximum Gasteiger partial charge on any atom is 0.300 e. The number of Topliss-reactive ketones (excluding diaryl/α,β-unsaturated/α-hetero) is 1. The Morgan fingerprint density at radius 1 is 1.10 bits per heavy atom. The fourth-order valence-electron chi connectivity index (χ4n) is 3.35. The molecule has 0 radical (unpaired) electrons. The lowest BCUT2D eigenvalue weighted by molar-refractivity contribution is -0.132. The summed E-state index contributed by atoms with van der Waals surface area (Å²) in [4.78, 5) is 28.2. The minimum atomic E-state index is -0.711. The number of halogens is 1. The Kier molecular flexibility index (Phi) is 5.25. The van der Waals surface area contributed by atoms with Gasteiger partial charge in [-0.05, 0) is 53.9 Å². The van der Waals surface area contributed by atoms with Crippen LogP contribution in [0.4, 0.5) is 5.69 Å². The highest BCUT2D eigenvalue weighted by molar-refractivity contribution is 9.10. The second-order valence-corrected chi connectivity index (χ2v) is 8.29. The lowest BCUT2D eigenvalue weighted by atomic mass is 9.99. The van der Waals surface area contributed by atoms with E-state index in [9.17, 15) is 14.7 Å². The van der Waals surface area contributed by atoms with Crippen molar-refractivity contribution >= 4 is 50.4 Å². The number of ether oxygens (including phenoxy) is 1. The van der Waals surface area contributed by atoms with Crippen LogP contribution >= 0.6 is 27.3 Å². The van der Waals surface area contributed by atoms with Crippen LogP contribution < -0.4 is 9.64 Å². The number of nitrogens with zero attached hydrogens (tertiary/aromatic N) is 1. The molecule has 2 heterocycles. The summed E-state index contributed by atoms with van der Waals surface area (Å²) < 4.78 is 5.94. The van der Waals surface area contributed by atoms with E-state index in [0.717, 1.165) is 9.35 Å². The number of hydrogen-bond acceptors (Lipinski definition) is 5. The molecule has 7 heteroatoms. The van der Waals surface area contributed by atoms with E-state index < -0.39 is 17.7 Å². The van der Waals surface area contributed by atoms with E-state index in [2.05, 4.69) is 15.9 Å². The molecular weight excluding hydrogens is 454 g/mol. The van der Waals surface area contributed by atoms with Crippen molar-refractivity contribution in [1.82, 2.24) is 0 Å². The van der Waals surface area contributed by atoms with Crippen molar-refractivity contribution in [2.24, 2.45) is 0 Å². The summed E-state index contributed by atoms with van der Waals surface area (Å²) in [6, 6.07) is 16.9. The Balaban J connectivity index is 1.90. The van der Waals surface area contributed by atoms with Crippen molar-refractivity contribution in [3.05, 3.63) is 86.5 Å². The average Bonchev–Trinajstić information content (AvgIpc) is 3.35. The van der Waals surface area contributed by atoms with E-state index in [0.29, 0.717) is 17.0 Å². The molecule has 3 aromatic rings. The highest BCUT2D eigenvalue weighted by Crippen LogP contribution is 2.43. The molecule has 0 aliphatic carbocycles. The van der Waals surface area contributed by atoms with Crippen LogP contribution in [0.1, 0.15) is 16.5 Å². The van der Waals surface area contributed by atoms with Gasteiger partial charge < -0.3 is 9.84 Å². The van der Waals surface area contributed by atoms with Crippen LogP contribution in [0.15, 0.2) is 76.1 Å². The molecule has 4 rings (SSSR count). The van der Waals surface area contributed by atoms with E-state index in [1.807, 2.05) is 23.6 Å². The lowest BCUT2D eigenvalue weighted by Crippen LogP contribution is -2.29. The molecule has 1 fully saturated rings. The first-order chi connectivity index (χ1) is 14.0. The Hall–Kier alpha value is -2.90. The number of hydrogen-bond donors (Lipinski definition) is 1. The van der Waals surface area contributed by atoms with Crippen LogP contribution in [-0.2, 0) is 9.59 Å². The van der Waals surface area contributed by atoms with E-state index >= 15 is 0 Å². The molecule has 1 aromatic heterocycles. The molecule has 0 saturated carbocycles. The van der Waals surface area contributed by atoms with Gasteiger partial charge in [-0.1, -0.05) is 28.1 Å². The third kappa shape index (κ3) is 3.47. The minimum absolute atomic E-state index is 0.0718. The van der Waals surface area contributed by atoms with Crippen LogP contribution in [0.5, 0.6) is 5.75 Å². The number of carbonyl (C=O) groups is 2. The zero-order chi connectivity index (χ0) is 20.5. The van der Waals surface area contributed by atoms with Gasteiger partial charge in [0.05, 0.1) is 12.7 Å². The molecule has 1 saturated heterocycles. The van der Waals surface area contributed by atoms with Gasteiger partial charge in [-0.25, -0.2) is 0 Å². The van der Waals surface area contributed by atoms with Gasteiger partial charge in [0.1, 0.15) is 17.6 Å². The van der Waals surface area contributed by atoms with Gasteiger partial charge in [-0.3, -0.25) is 14.5 Å². The summed E-state index contributed by atoms with van der Waals surface area (Å²) >= 11 is 4.84. The predicted octanol–water partition coefficient (Wildman–Crippen LogP) is 5.15. The number of anilines is 1. The van der Waals surface area contributed by atoms with Gasteiger partial charge in [0.15, 0.2) is 0 Å². The first-order valence-corrected chi connectivity index (χ1v) is 10.4. The van der Waals surface area contributed by atoms with E-state index in [1.54, 1.807) is 49.6 Å². The smallest absolute Gasteiger partial charge is 0.300 e. The Morgan fingerprint density at radius 3 is 2.48 bits per heavy atom. The summed E-state index contributed by atoms with van der Waals surface area (Å²) in [6.07, 6.45) is 0. The second kappa shape index (κ2) is 7.85. The summed E-state index contributed by atoms with van der Waals surface area (Å²) in [7, 11) is 1.55. The number of methoxy groups -OCH3 is 1. The van der Waals surface area contributed by atoms with Crippen LogP contribution in [0.25, 0.3) is 5.76 Å². The van der Waals surface area contributed by atoms with Crippen molar-refractivity contribution in [3.63, 3.8) is 0 Å². The van der Waals surface area contributed by atoms with Gasteiger partial charge in [0, 0.05) is 20.6 Å². The molecule has 2 aromatic carbocycles. The molecular formula is C22H16BrNO4S. The van der Waals surface area contributed by atoms with Gasteiger partial charge >= 0.3 is 0 Å². The second-order valence-electron chi connectivity index (χ2n) is 6.39. The molecule has 1 N–H and O–H groups in total. The standard InChI is InChI=1S/C22H16BrNO4S/c1-28-16-9-7-13(8-10-16)20(25)18-19(17-6-3-11-29-17)24(22(27)21(18)26)15-5-2-4-14(23)12-15/h2-12,19,25H,1H3/b20-18-. The van der Waals surface area contributed by atoms with Crippen LogP contribution in [-0.4, -0.2) is 23.9 Å². The highest BCUT2D eigenvalue weighted by atomic mass is 79.9. The average molecular weight is 470 g/mol. The van der Waals surface area contributed by atoms with E-state index in [4.69, 9.17) is 4.74 Å². The summed E-state index contributed by atoms with van der Waals surface area (Å²) in [5, 5.41) is 12.9. The van der Waals surface area contributed by atoms with Crippen LogP contribution in [0, 0.1) is 0 Å². The van der Waals surface area contributed by atoms with Crippen molar-refractivity contribution in [3.8, 4) is 5.75 Å². The largest absolute Gasteiger partial charge is 0.507 e. The summed E-state index contributed by atoms with van der Waals surface area (Å²) in [5.41, 5.74) is 1.09. The molecule has 0 spiro atoms. The summed E-state index contributed by atoms with van der Waals surface area (Å²) in [5.74, 6) is -0.957. The van der Waals surface area contributed by atoms with E-state index in [-0.39, 0.29) is 11.3 Å². The van der Waals surface area contributed by atoms with Crippen molar-refractivity contribution in [2.45, 2.75) is 6.04 Å². The monoisotopic (exact) mass is 469 g/mol. The number of thiophene rings is 1. The molecule has 0 bridgehead atoms. The zero-order valence-corrected chi connectivity index (χ0v) is 17.7. The third-order valence-corrected chi connectivity index (χ3v) is 6.12. The Bertz CT molecular complexity index is 1110. The van der Waals surface area contributed by atoms with Crippen molar-refractivity contribution in [2.75, 3.05) is 12.0 Å². The lowest BCUT2D eigenvalue weighted by Gasteiger charge is -2.24. The quantitative estimate of drug-likeness (QED) is 0.326. The van der Waals surface area contributed by atoms with Gasteiger partial charge in [-0.2, -0.15) is 0 Å². The number of rotatable bonds is 4. The molecule has 1 unspecified atom stereocenters. The number of carbonyl (C=O) groups excluding carboxylic acids is 2. The number of amides is 1. The number of aliphatic hydroxyl groups is 1. The fraction of sp³-hybridized carbons (Fsp3) is 0.0909. The van der Waals surface area contributed by atoms with Gasteiger partial charge in [-0.15, -0.1) is 11.3 Å². The Morgan fingerprint density at radius 2 is 1.86 bits per heavy atom. The molecule has 1 aliphatic rings. The number of benzene rings is 2. The molecule has 1 aliphatic heterocycles. The van der Waals surface area contributed by atoms with Crippen LogP contribution in [0.2, 0.25) is 0 Å². The number of ketones is 1. The topological polar surface area (TPSA) is 66.8 Å². The Labute approximate surface area is 180 Å². The molecule has 1 atom stereocenters. The first-order valence-electron chi connectivity index (χ1n) is 8.75. The fourth-order valence-corrected chi connectivity index (χ4v) is 4.56. The molecule has 5 nitrogen and oxygen atoms in total. The van der Waals surface area contributed by atoms with Crippen LogP contribution in [0.3, 0.4) is 0 Å².